The van der Waals surface area contributed by atoms with E-state index in [2.05, 4.69) is 138 Å². The van der Waals surface area contributed by atoms with Crippen molar-refractivity contribution in [1.29, 1.82) is 0 Å². The molecule has 264 valence electrons. The fraction of sp³-hybridized carbons (Fsp3) is 0.0200. The molecular weight excluding hydrogens is 685 g/mol. The number of benzene rings is 6. The maximum atomic E-state index is 5.26. The topological polar surface area (TPSA) is 75.4 Å². The number of hydrogen-bond donors (Lipinski definition) is 1. The third-order valence-electron chi connectivity index (χ3n) is 10.3. The molecule has 1 unspecified atom stereocenters. The lowest BCUT2D eigenvalue weighted by molar-refractivity contribution is 0.674. The molecule has 0 saturated heterocycles. The van der Waals surface area contributed by atoms with Crippen LogP contribution in [0.25, 0.3) is 66.4 Å². The molecule has 1 N–H and O–H groups in total. The highest BCUT2D eigenvalue weighted by Crippen LogP contribution is 2.38. The molecule has 0 amide bonds. The number of fused-ring (bicyclic) bond motifs is 3. The molecule has 1 aliphatic rings. The lowest BCUT2D eigenvalue weighted by atomic mass is 9.90. The summed E-state index contributed by atoms with van der Waals surface area (Å²) in [6.45, 7) is 0. The molecule has 6 nitrogen and oxygen atoms in total. The van der Waals surface area contributed by atoms with Gasteiger partial charge < -0.3 is 5.32 Å². The number of aliphatic imine (C=N–C) groups is 2. The molecular formula is C50H34N6. The first-order chi connectivity index (χ1) is 27.7. The first kappa shape index (κ1) is 33.0. The van der Waals surface area contributed by atoms with Gasteiger partial charge in [-0.15, -0.1) is 0 Å². The molecule has 1 aliphatic heterocycles. The summed E-state index contributed by atoms with van der Waals surface area (Å²) < 4.78 is 0. The van der Waals surface area contributed by atoms with Crippen LogP contribution in [0.4, 0.5) is 0 Å². The molecule has 0 radical (unpaired) electrons. The molecule has 6 aromatic carbocycles. The number of nitrogens with one attached hydrogen (secondary N) is 1. The summed E-state index contributed by atoms with van der Waals surface area (Å²) in [5.41, 5.74) is 13.4. The first-order valence-electron chi connectivity index (χ1n) is 18.7. The van der Waals surface area contributed by atoms with Crippen LogP contribution >= 0.6 is 0 Å². The minimum absolute atomic E-state index is 0.394. The maximum Gasteiger partial charge on any atom is 0.159 e. The van der Waals surface area contributed by atoms with E-state index in [-0.39, 0.29) is 0 Å². The molecule has 10 rings (SSSR count). The fourth-order valence-corrected chi connectivity index (χ4v) is 7.51. The molecule has 6 heteroatoms. The van der Waals surface area contributed by atoms with E-state index in [0.29, 0.717) is 5.84 Å². The number of pyridine rings is 3. The van der Waals surface area contributed by atoms with E-state index >= 15 is 0 Å². The second-order valence-corrected chi connectivity index (χ2v) is 13.8. The molecule has 1 atom stereocenters. The molecule has 0 aliphatic carbocycles. The van der Waals surface area contributed by atoms with E-state index in [9.17, 15) is 0 Å². The van der Waals surface area contributed by atoms with E-state index in [1.165, 1.54) is 11.1 Å². The third kappa shape index (κ3) is 6.29. The number of rotatable bonds is 7. The number of nitrogens with zero attached hydrogens (tertiary/aromatic N) is 5. The van der Waals surface area contributed by atoms with Gasteiger partial charge in [-0.05, 0) is 75.3 Å². The van der Waals surface area contributed by atoms with Gasteiger partial charge >= 0.3 is 0 Å². The Hall–Kier alpha value is -7.57. The lowest BCUT2D eigenvalue weighted by Gasteiger charge is -2.25. The molecule has 4 heterocycles. The van der Waals surface area contributed by atoms with Gasteiger partial charge in [0.1, 0.15) is 12.0 Å². The first-order valence-corrected chi connectivity index (χ1v) is 18.7. The van der Waals surface area contributed by atoms with Gasteiger partial charge in [0.05, 0.1) is 16.7 Å². The summed E-state index contributed by atoms with van der Waals surface area (Å²) in [7, 11) is 0. The predicted octanol–water partition coefficient (Wildman–Crippen LogP) is 11.3. The normalized spacial score (nSPS) is 13.9. The van der Waals surface area contributed by atoms with Gasteiger partial charge in [0.25, 0.3) is 0 Å². The van der Waals surface area contributed by atoms with Gasteiger partial charge in [-0.1, -0.05) is 140 Å². The van der Waals surface area contributed by atoms with Crippen molar-refractivity contribution in [3.63, 3.8) is 0 Å². The van der Waals surface area contributed by atoms with Crippen LogP contribution in [0.15, 0.2) is 204 Å². The highest BCUT2D eigenvalue weighted by atomic mass is 15.2. The van der Waals surface area contributed by atoms with Crippen LogP contribution < -0.4 is 5.32 Å². The van der Waals surface area contributed by atoms with Crippen molar-refractivity contribution in [2.24, 2.45) is 9.98 Å². The summed E-state index contributed by atoms with van der Waals surface area (Å²) in [4.78, 5) is 24.5. The average Bonchev–Trinajstić information content (AvgIpc) is 3.29. The average molecular weight is 719 g/mol. The molecule has 9 aromatic rings. The number of amidine groups is 2. The largest absolute Gasteiger partial charge is 0.344 e. The van der Waals surface area contributed by atoms with Gasteiger partial charge in [0.2, 0.25) is 0 Å². The quantitative estimate of drug-likeness (QED) is 0.166. The van der Waals surface area contributed by atoms with Crippen molar-refractivity contribution in [2.45, 2.75) is 6.17 Å². The van der Waals surface area contributed by atoms with Gasteiger partial charge in [-0.2, -0.15) is 0 Å². The van der Waals surface area contributed by atoms with E-state index in [1.807, 2.05) is 60.9 Å². The van der Waals surface area contributed by atoms with Crippen LogP contribution in [0.3, 0.4) is 0 Å². The van der Waals surface area contributed by atoms with Crippen LogP contribution in [0, 0.1) is 0 Å². The Balaban J connectivity index is 1.12. The van der Waals surface area contributed by atoms with Crippen LogP contribution in [0.2, 0.25) is 0 Å². The molecule has 3 aromatic heterocycles. The van der Waals surface area contributed by atoms with Crippen molar-refractivity contribution >= 4 is 33.5 Å². The zero-order valence-corrected chi connectivity index (χ0v) is 30.3. The third-order valence-corrected chi connectivity index (χ3v) is 10.3. The second kappa shape index (κ2) is 14.3. The zero-order chi connectivity index (χ0) is 37.3. The highest BCUT2D eigenvalue weighted by molar-refractivity contribution is 6.13. The fourth-order valence-electron chi connectivity index (χ4n) is 7.51. The molecule has 0 saturated carbocycles. The van der Waals surface area contributed by atoms with E-state index in [1.54, 1.807) is 6.20 Å². The number of hydrogen-bond acceptors (Lipinski definition) is 6. The monoisotopic (exact) mass is 718 g/mol. The van der Waals surface area contributed by atoms with Crippen LogP contribution in [0.5, 0.6) is 0 Å². The minimum atomic E-state index is -0.394. The molecule has 0 bridgehead atoms. The van der Waals surface area contributed by atoms with Crippen molar-refractivity contribution in [1.82, 2.24) is 20.3 Å². The van der Waals surface area contributed by atoms with Crippen molar-refractivity contribution in [3.8, 4) is 44.6 Å². The van der Waals surface area contributed by atoms with Crippen molar-refractivity contribution < 1.29 is 0 Å². The molecule has 56 heavy (non-hydrogen) atoms. The standard InChI is InChI=1S/C50H34N6/c1-4-13-34(14-5-1)41-19-10-11-20-42(41)39-29-38(33-22-24-35(25-23-33)46-43-21-12-27-52-47(43)44-32-51-28-26-45(44)53-46)30-40(31-39)50-55-48(36-15-6-2-7-16-36)54-49(56-50)37-17-8-3-9-18-37/h1-32,50H,(H,54,55,56). The molecule has 0 fully saturated rings. The van der Waals surface area contributed by atoms with Crippen LogP contribution in [0.1, 0.15) is 22.9 Å². The van der Waals surface area contributed by atoms with Crippen LogP contribution in [-0.4, -0.2) is 26.6 Å². The van der Waals surface area contributed by atoms with Gasteiger partial charge in [0.15, 0.2) is 5.84 Å². The summed E-state index contributed by atoms with van der Waals surface area (Å²) in [6.07, 6.45) is 5.05. The van der Waals surface area contributed by atoms with E-state index < -0.39 is 6.17 Å². The Morgan fingerprint density at radius 1 is 0.464 bits per heavy atom. The smallest absolute Gasteiger partial charge is 0.159 e. The molecule has 0 spiro atoms. The summed E-state index contributed by atoms with van der Waals surface area (Å²) in [6, 6.07) is 61.1. The lowest BCUT2D eigenvalue weighted by Crippen LogP contribution is -2.33. The van der Waals surface area contributed by atoms with E-state index in [0.717, 1.165) is 77.8 Å². The minimum Gasteiger partial charge on any atom is -0.344 e. The Kier molecular flexibility index (Phi) is 8.46. The SMILES string of the molecule is c1ccc(C2=NC(c3cc(-c4ccc(-c5nc6ccncc6c6ncccc56)cc4)cc(-c4ccccc4-c4ccccc4)c3)NC(c3ccccc3)=N2)cc1. The van der Waals surface area contributed by atoms with E-state index in [4.69, 9.17) is 20.0 Å². The zero-order valence-electron chi connectivity index (χ0n) is 30.3. The summed E-state index contributed by atoms with van der Waals surface area (Å²) in [5.74, 6) is 1.47. The summed E-state index contributed by atoms with van der Waals surface area (Å²) in [5, 5.41) is 5.63. The summed E-state index contributed by atoms with van der Waals surface area (Å²) >= 11 is 0. The van der Waals surface area contributed by atoms with Gasteiger partial charge in [-0.3, -0.25) is 9.97 Å². The second-order valence-electron chi connectivity index (χ2n) is 13.8. The Labute approximate surface area is 324 Å². The van der Waals surface area contributed by atoms with Gasteiger partial charge in [-0.25, -0.2) is 15.0 Å². The maximum absolute atomic E-state index is 5.26. The van der Waals surface area contributed by atoms with Gasteiger partial charge in [0, 0.05) is 46.1 Å². The Bertz CT molecular complexity index is 2920. The highest BCUT2D eigenvalue weighted by Gasteiger charge is 2.23. The predicted molar refractivity (Wildman–Crippen MR) is 228 cm³/mol. The van der Waals surface area contributed by atoms with Crippen LogP contribution in [-0.2, 0) is 0 Å². The van der Waals surface area contributed by atoms with Crippen molar-refractivity contribution in [2.75, 3.05) is 0 Å². The van der Waals surface area contributed by atoms with Crippen molar-refractivity contribution in [3.05, 3.63) is 211 Å². The number of aromatic nitrogens is 3. The Morgan fingerprint density at radius 2 is 1.11 bits per heavy atom. The Morgan fingerprint density at radius 3 is 1.86 bits per heavy atom.